The van der Waals surface area contributed by atoms with Crippen molar-refractivity contribution in [2.75, 3.05) is 5.75 Å². The summed E-state index contributed by atoms with van der Waals surface area (Å²) in [5.41, 5.74) is -1.07. The van der Waals surface area contributed by atoms with Crippen LogP contribution < -0.4 is 0 Å². The average molecular weight is 376 g/mol. The monoisotopic (exact) mass is 376 g/mol. The predicted molar refractivity (Wildman–Crippen MR) is 92.6 cm³/mol. The smallest absolute Gasteiger partial charge is 0.308 e. The lowest BCUT2D eigenvalue weighted by Crippen LogP contribution is -2.55. The first-order valence-corrected chi connectivity index (χ1v) is 9.50. The standard InChI is InChI=1S/C17H28O7S/c1-8(2)14(18)22-11-7-25-17(21)13(24-16(20)10(5)6)12(11)23-15(19)9(3)4/h8-13,17,21H,7H2,1-6H3/t11-,12+,13-,17-/m1/s1. The molecule has 1 fully saturated rings. The fourth-order valence-corrected chi connectivity index (χ4v) is 3.00. The van der Waals surface area contributed by atoms with Crippen molar-refractivity contribution in [3.05, 3.63) is 0 Å². The van der Waals surface area contributed by atoms with Gasteiger partial charge in [-0.05, 0) is 0 Å². The van der Waals surface area contributed by atoms with E-state index in [1.807, 2.05) is 0 Å². The van der Waals surface area contributed by atoms with E-state index in [-0.39, 0.29) is 11.7 Å². The third-order valence-corrected chi connectivity index (χ3v) is 4.72. The fraction of sp³-hybridized carbons (Fsp3) is 0.824. The van der Waals surface area contributed by atoms with E-state index in [4.69, 9.17) is 14.2 Å². The second-order valence-electron chi connectivity index (χ2n) is 6.97. The molecule has 144 valence electrons. The Hall–Kier alpha value is -1.28. The molecular formula is C17H28O7S. The van der Waals surface area contributed by atoms with Crippen LogP contribution in [-0.2, 0) is 28.6 Å². The van der Waals surface area contributed by atoms with Crippen LogP contribution in [0.5, 0.6) is 0 Å². The number of carbonyl (C=O) groups excluding carboxylic acids is 3. The molecule has 0 saturated carbocycles. The number of aliphatic hydroxyl groups is 1. The van der Waals surface area contributed by atoms with Crippen molar-refractivity contribution >= 4 is 29.7 Å². The van der Waals surface area contributed by atoms with Crippen LogP contribution in [0, 0.1) is 17.8 Å². The van der Waals surface area contributed by atoms with Gasteiger partial charge in [0.15, 0.2) is 18.3 Å². The molecule has 0 aromatic heterocycles. The summed E-state index contributed by atoms with van der Waals surface area (Å²) in [4.78, 5) is 36.0. The molecule has 0 aromatic rings. The summed E-state index contributed by atoms with van der Waals surface area (Å²) < 4.78 is 16.2. The number of carbonyl (C=O) groups is 3. The minimum Gasteiger partial charge on any atom is -0.457 e. The molecule has 8 heteroatoms. The van der Waals surface area contributed by atoms with E-state index >= 15 is 0 Å². The minimum atomic E-state index is -1.10. The summed E-state index contributed by atoms with van der Waals surface area (Å²) in [5.74, 6) is -2.40. The average Bonchev–Trinajstić information content (AvgIpc) is 2.52. The Labute approximate surface area is 152 Å². The number of ether oxygens (including phenoxy) is 3. The molecule has 1 heterocycles. The summed E-state index contributed by atoms with van der Waals surface area (Å²) in [6, 6.07) is 0. The van der Waals surface area contributed by atoms with Crippen LogP contribution in [0.25, 0.3) is 0 Å². The highest BCUT2D eigenvalue weighted by molar-refractivity contribution is 7.99. The number of rotatable bonds is 6. The second kappa shape index (κ2) is 9.43. The van der Waals surface area contributed by atoms with Gasteiger partial charge < -0.3 is 19.3 Å². The summed E-state index contributed by atoms with van der Waals surface area (Å²) >= 11 is 1.09. The van der Waals surface area contributed by atoms with Crippen molar-refractivity contribution in [3.63, 3.8) is 0 Å². The molecule has 7 nitrogen and oxygen atoms in total. The maximum absolute atomic E-state index is 12.1. The van der Waals surface area contributed by atoms with E-state index in [2.05, 4.69) is 0 Å². The maximum atomic E-state index is 12.1. The molecule has 1 aliphatic rings. The molecule has 0 bridgehead atoms. The lowest BCUT2D eigenvalue weighted by Gasteiger charge is -2.39. The van der Waals surface area contributed by atoms with Crippen LogP contribution in [-0.4, -0.2) is 52.5 Å². The van der Waals surface area contributed by atoms with Crippen molar-refractivity contribution in [2.45, 2.75) is 65.3 Å². The van der Waals surface area contributed by atoms with E-state index in [1.165, 1.54) is 0 Å². The molecule has 1 aliphatic heterocycles. The Bertz CT molecular complexity index is 489. The first-order chi connectivity index (χ1) is 11.5. The molecular weight excluding hydrogens is 348 g/mol. The molecule has 0 aliphatic carbocycles. The largest absolute Gasteiger partial charge is 0.457 e. The highest BCUT2D eigenvalue weighted by Gasteiger charge is 2.47. The zero-order valence-electron chi connectivity index (χ0n) is 15.6. The van der Waals surface area contributed by atoms with Crippen molar-refractivity contribution in [1.82, 2.24) is 0 Å². The molecule has 1 N–H and O–H groups in total. The maximum Gasteiger partial charge on any atom is 0.308 e. The normalized spacial score (nSPS) is 26.6. The summed E-state index contributed by atoms with van der Waals surface area (Å²) in [7, 11) is 0. The van der Waals surface area contributed by atoms with E-state index in [0.29, 0.717) is 0 Å². The molecule has 4 atom stereocenters. The minimum absolute atomic E-state index is 0.241. The Morgan fingerprint density at radius 3 is 1.64 bits per heavy atom. The zero-order valence-corrected chi connectivity index (χ0v) is 16.4. The van der Waals surface area contributed by atoms with Gasteiger partial charge in [-0.1, -0.05) is 41.5 Å². The van der Waals surface area contributed by atoms with Gasteiger partial charge >= 0.3 is 17.9 Å². The summed E-state index contributed by atoms with van der Waals surface area (Å²) in [6.07, 6.45) is -2.94. The van der Waals surface area contributed by atoms with Crippen LogP contribution in [0.15, 0.2) is 0 Å². The molecule has 0 radical (unpaired) electrons. The molecule has 0 aromatic carbocycles. The van der Waals surface area contributed by atoms with Gasteiger partial charge in [-0.2, -0.15) is 0 Å². The zero-order chi connectivity index (χ0) is 19.3. The Balaban J connectivity index is 3.03. The van der Waals surface area contributed by atoms with Crippen LogP contribution in [0.3, 0.4) is 0 Å². The van der Waals surface area contributed by atoms with Gasteiger partial charge in [-0.25, -0.2) is 0 Å². The fourth-order valence-electron chi connectivity index (χ4n) is 1.95. The van der Waals surface area contributed by atoms with Gasteiger partial charge in [0.05, 0.1) is 17.8 Å². The predicted octanol–water partition coefficient (Wildman–Crippen LogP) is 1.75. The van der Waals surface area contributed by atoms with Crippen molar-refractivity contribution in [2.24, 2.45) is 17.8 Å². The van der Waals surface area contributed by atoms with E-state index in [0.717, 1.165) is 11.8 Å². The highest BCUT2D eigenvalue weighted by atomic mass is 32.2. The van der Waals surface area contributed by atoms with Crippen LogP contribution in [0.1, 0.15) is 41.5 Å². The molecule has 1 rings (SSSR count). The second-order valence-corrected chi connectivity index (χ2v) is 8.12. The van der Waals surface area contributed by atoms with Gasteiger partial charge in [0.25, 0.3) is 0 Å². The van der Waals surface area contributed by atoms with Crippen molar-refractivity contribution < 1.29 is 33.7 Å². The number of hydrogen-bond donors (Lipinski definition) is 1. The van der Waals surface area contributed by atoms with Crippen molar-refractivity contribution in [3.8, 4) is 0 Å². The van der Waals surface area contributed by atoms with E-state index < -0.39 is 53.5 Å². The third kappa shape index (κ3) is 6.18. The molecule has 25 heavy (non-hydrogen) atoms. The Morgan fingerprint density at radius 1 is 0.800 bits per heavy atom. The molecule has 0 unspecified atom stereocenters. The van der Waals surface area contributed by atoms with Crippen LogP contribution in [0.4, 0.5) is 0 Å². The van der Waals surface area contributed by atoms with Gasteiger partial charge in [-0.3, -0.25) is 14.4 Å². The lowest BCUT2D eigenvalue weighted by molar-refractivity contribution is -0.194. The third-order valence-electron chi connectivity index (χ3n) is 3.59. The molecule has 0 spiro atoms. The van der Waals surface area contributed by atoms with Gasteiger partial charge in [0, 0.05) is 5.75 Å². The summed E-state index contributed by atoms with van der Waals surface area (Å²) in [6.45, 7) is 10.0. The van der Waals surface area contributed by atoms with Gasteiger partial charge in [0.2, 0.25) is 0 Å². The number of hydrogen-bond acceptors (Lipinski definition) is 8. The number of esters is 3. The summed E-state index contributed by atoms with van der Waals surface area (Å²) in [5, 5.41) is 10.2. The quantitative estimate of drug-likeness (QED) is 0.553. The van der Waals surface area contributed by atoms with E-state index in [9.17, 15) is 19.5 Å². The SMILES string of the molecule is CC(C)C(=O)O[C@@H]1[C@@H](OC(=O)C(C)C)[C@H](OC(=O)C(C)C)CS[C@H]1O. The van der Waals surface area contributed by atoms with Crippen molar-refractivity contribution in [1.29, 1.82) is 0 Å². The number of aliphatic hydroxyl groups excluding tert-OH is 1. The van der Waals surface area contributed by atoms with Crippen LogP contribution in [0.2, 0.25) is 0 Å². The Morgan fingerprint density at radius 2 is 1.20 bits per heavy atom. The highest BCUT2D eigenvalue weighted by Crippen LogP contribution is 2.32. The van der Waals surface area contributed by atoms with Gasteiger partial charge in [0.1, 0.15) is 5.44 Å². The number of thioether (sulfide) groups is 1. The first-order valence-electron chi connectivity index (χ1n) is 8.45. The first kappa shape index (κ1) is 21.8. The van der Waals surface area contributed by atoms with Gasteiger partial charge in [-0.15, -0.1) is 11.8 Å². The van der Waals surface area contributed by atoms with E-state index in [1.54, 1.807) is 41.5 Å². The van der Waals surface area contributed by atoms with Crippen LogP contribution >= 0.6 is 11.8 Å². The lowest BCUT2D eigenvalue weighted by atomic mass is 10.1. The topological polar surface area (TPSA) is 99.1 Å². The molecule has 0 amide bonds. The molecule has 1 saturated heterocycles. The Kier molecular flexibility index (Phi) is 8.21.